The Balaban J connectivity index is 0.000000175. The van der Waals surface area contributed by atoms with Crippen LogP contribution in [0.1, 0.15) is 44.1 Å². The molecule has 5 rings (SSSR count). The molecule has 161 valence electrons. The zero-order valence-corrected chi connectivity index (χ0v) is 19.8. The fourth-order valence-electron chi connectivity index (χ4n) is 4.98. The summed E-state index contributed by atoms with van der Waals surface area (Å²) in [6.45, 7) is 2.10. The van der Waals surface area contributed by atoms with E-state index in [1.807, 2.05) is 36.5 Å². The third-order valence-corrected chi connectivity index (χ3v) is 6.48. The summed E-state index contributed by atoms with van der Waals surface area (Å²) in [7, 11) is 0. The predicted octanol–water partition coefficient (Wildman–Crippen LogP) is 5.32. The minimum absolute atomic E-state index is 0. The van der Waals surface area contributed by atoms with Gasteiger partial charge in [0.05, 0.1) is 12.2 Å². The van der Waals surface area contributed by atoms with Crippen LogP contribution < -0.4 is 0 Å². The number of hydrogen-bond donors (Lipinski definition) is 2. The quantitative estimate of drug-likeness (QED) is 0.384. The minimum atomic E-state index is -0.227. The molecule has 2 aromatic carbocycles. The largest absolute Gasteiger partial charge is 0.393 e. The Morgan fingerprint density at radius 2 is 1.73 bits per heavy atom. The van der Waals surface area contributed by atoms with Gasteiger partial charge >= 0.3 is 0 Å². The first kappa shape index (κ1) is 23.1. The SMILES string of the molecule is Cc1ccc2ccnc(-c3[c-]cccc3)c2c1.OC1CCCCC2CCC(O)C12.[Ir]. The van der Waals surface area contributed by atoms with Crippen LogP contribution in [0.2, 0.25) is 0 Å². The second kappa shape index (κ2) is 10.6. The first-order chi connectivity index (χ1) is 14.1. The zero-order chi connectivity index (χ0) is 20.2. The van der Waals surface area contributed by atoms with Crippen molar-refractivity contribution in [3.63, 3.8) is 0 Å². The Morgan fingerprint density at radius 3 is 2.53 bits per heavy atom. The normalized spacial score (nSPS) is 25.4. The maximum atomic E-state index is 9.77. The molecule has 30 heavy (non-hydrogen) atoms. The molecule has 4 heteroatoms. The third kappa shape index (κ3) is 5.18. The molecule has 2 N–H and O–H groups in total. The van der Waals surface area contributed by atoms with E-state index in [2.05, 4.69) is 36.2 Å². The monoisotopic (exact) mass is 581 g/mol. The fourth-order valence-corrected chi connectivity index (χ4v) is 4.98. The standard InChI is InChI=1S/C16H12N.C10H18O2.Ir/c1-12-7-8-13-9-10-17-16(15(13)11-12)14-5-3-2-4-6-14;11-8-4-2-1-3-7-5-6-9(12)10(7)8;/h2-5,7-11H,1H3;7-12H,1-6H2;/q-1;;. The molecule has 0 saturated heterocycles. The van der Waals surface area contributed by atoms with Crippen LogP contribution in [-0.2, 0) is 20.1 Å². The van der Waals surface area contributed by atoms with Crippen molar-refractivity contribution in [2.45, 2.75) is 57.7 Å². The van der Waals surface area contributed by atoms with Gasteiger partial charge in [-0.15, -0.1) is 35.9 Å². The second-order valence-corrected chi connectivity index (χ2v) is 8.49. The first-order valence-electron chi connectivity index (χ1n) is 10.8. The van der Waals surface area contributed by atoms with E-state index in [0.29, 0.717) is 5.92 Å². The molecule has 3 aromatic rings. The number of hydrogen-bond acceptors (Lipinski definition) is 3. The summed E-state index contributed by atoms with van der Waals surface area (Å²) in [5.74, 6) is 0.810. The van der Waals surface area contributed by atoms with E-state index in [-0.39, 0.29) is 38.2 Å². The maximum absolute atomic E-state index is 9.77. The molecule has 0 amide bonds. The van der Waals surface area contributed by atoms with Gasteiger partial charge in [-0.3, -0.25) is 0 Å². The molecule has 2 fully saturated rings. The number of benzene rings is 2. The topological polar surface area (TPSA) is 53.4 Å². The molecule has 0 spiro atoms. The van der Waals surface area contributed by atoms with Gasteiger partial charge < -0.3 is 15.2 Å². The Kier molecular flexibility index (Phi) is 8.19. The average molecular weight is 581 g/mol. The van der Waals surface area contributed by atoms with E-state index in [9.17, 15) is 10.2 Å². The summed E-state index contributed by atoms with van der Waals surface area (Å²) in [4.78, 5) is 4.49. The van der Waals surface area contributed by atoms with Crippen LogP contribution in [-0.4, -0.2) is 27.4 Å². The van der Waals surface area contributed by atoms with Gasteiger partial charge in [-0.05, 0) is 61.1 Å². The summed E-state index contributed by atoms with van der Waals surface area (Å²) in [5.41, 5.74) is 3.30. The molecular weight excluding hydrogens is 551 g/mol. The number of nitrogens with zero attached hydrogens (tertiary/aromatic N) is 1. The zero-order valence-electron chi connectivity index (χ0n) is 17.4. The van der Waals surface area contributed by atoms with Crippen LogP contribution in [0.5, 0.6) is 0 Å². The van der Waals surface area contributed by atoms with Crippen LogP contribution in [0.4, 0.5) is 0 Å². The summed E-state index contributed by atoms with van der Waals surface area (Å²) in [5, 5.41) is 21.8. The first-order valence-corrected chi connectivity index (χ1v) is 10.8. The van der Waals surface area contributed by atoms with Crippen molar-refractivity contribution < 1.29 is 30.3 Å². The Hall–Kier alpha value is -1.58. The summed E-state index contributed by atoms with van der Waals surface area (Å²) in [6, 6.07) is 19.7. The molecule has 4 atom stereocenters. The van der Waals surface area contributed by atoms with E-state index < -0.39 is 0 Å². The molecule has 1 aromatic heterocycles. The number of aryl methyl sites for hydroxylation is 1. The molecule has 3 nitrogen and oxygen atoms in total. The summed E-state index contributed by atoms with van der Waals surface area (Å²) in [6.07, 6.45) is 7.95. The van der Waals surface area contributed by atoms with Crippen molar-refractivity contribution >= 4 is 10.8 Å². The average Bonchev–Trinajstić information content (AvgIpc) is 3.01. The Bertz CT molecular complexity index is 946. The van der Waals surface area contributed by atoms with Crippen molar-refractivity contribution in [3.05, 3.63) is 66.4 Å². The van der Waals surface area contributed by atoms with Gasteiger partial charge in [0.2, 0.25) is 0 Å². The van der Waals surface area contributed by atoms with Gasteiger partial charge in [0, 0.05) is 32.2 Å². The Labute approximate surface area is 192 Å². The molecule has 1 heterocycles. The van der Waals surface area contributed by atoms with Gasteiger partial charge in [-0.1, -0.05) is 36.6 Å². The predicted molar refractivity (Wildman–Crippen MR) is 117 cm³/mol. The molecule has 2 aliphatic rings. The van der Waals surface area contributed by atoms with Crippen LogP contribution >= 0.6 is 0 Å². The van der Waals surface area contributed by atoms with Gasteiger partial charge in [0.25, 0.3) is 0 Å². The Morgan fingerprint density at radius 1 is 0.933 bits per heavy atom. The van der Waals surface area contributed by atoms with Crippen molar-refractivity contribution in [2.75, 3.05) is 0 Å². The third-order valence-electron chi connectivity index (χ3n) is 6.48. The number of aromatic nitrogens is 1. The number of fused-ring (bicyclic) bond motifs is 2. The number of aliphatic hydroxyl groups is 2. The fraction of sp³-hybridized carbons (Fsp3) is 0.423. The minimum Gasteiger partial charge on any atom is -0.393 e. The summed E-state index contributed by atoms with van der Waals surface area (Å²) >= 11 is 0. The van der Waals surface area contributed by atoms with Gasteiger partial charge in [0.1, 0.15) is 0 Å². The molecule has 2 aliphatic carbocycles. The smallest absolute Gasteiger partial charge is 0.0595 e. The van der Waals surface area contributed by atoms with E-state index >= 15 is 0 Å². The summed E-state index contributed by atoms with van der Waals surface area (Å²) < 4.78 is 0. The van der Waals surface area contributed by atoms with E-state index in [0.717, 1.165) is 36.9 Å². The molecule has 4 unspecified atom stereocenters. The van der Waals surface area contributed by atoms with Crippen LogP contribution in [0.3, 0.4) is 0 Å². The van der Waals surface area contributed by atoms with Gasteiger partial charge in [-0.25, -0.2) is 0 Å². The number of aliphatic hydroxyl groups excluding tert-OH is 2. The van der Waals surface area contributed by atoms with Crippen molar-refractivity contribution in [3.8, 4) is 11.3 Å². The van der Waals surface area contributed by atoms with E-state index in [1.165, 1.54) is 29.2 Å². The van der Waals surface area contributed by atoms with Crippen LogP contribution in [0.25, 0.3) is 22.0 Å². The molecule has 1 radical (unpaired) electrons. The molecule has 0 bridgehead atoms. The number of rotatable bonds is 1. The van der Waals surface area contributed by atoms with E-state index in [1.54, 1.807) is 0 Å². The molecule has 2 saturated carbocycles. The molecular formula is C26H30IrNO2-. The van der Waals surface area contributed by atoms with Crippen molar-refractivity contribution in [1.29, 1.82) is 0 Å². The van der Waals surface area contributed by atoms with Gasteiger partial charge in [0.15, 0.2) is 0 Å². The van der Waals surface area contributed by atoms with Crippen LogP contribution in [0.15, 0.2) is 54.7 Å². The maximum Gasteiger partial charge on any atom is 0.0595 e. The van der Waals surface area contributed by atoms with Crippen molar-refractivity contribution in [2.24, 2.45) is 11.8 Å². The second-order valence-electron chi connectivity index (χ2n) is 8.49. The van der Waals surface area contributed by atoms with E-state index in [4.69, 9.17) is 0 Å². The molecule has 0 aliphatic heterocycles. The van der Waals surface area contributed by atoms with Gasteiger partial charge in [-0.2, -0.15) is 0 Å². The van der Waals surface area contributed by atoms with Crippen molar-refractivity contribution in [1.82, 2.24) is 4.98 Å². The van der Waals surface area contributed by atoms with Crippen LogP contribution in [0, 0.1) is 24.8 Å². The number of pyridine rings is 1.